The van der Waals surface area contributed by atoms with Crippen LogP contribution in [0.15, 0.2) is 30.3 Å². The molecule has 0 aliphatic heterocycles. The monoisotopic (exact) mass is 137 g/mol. The molecule has 1 nitrogen and oxygen atoms in total. The zero-order valence-corrected chi connectivity index (χ0v) is 6.59. The van der Waals surface area contributed by atoms with Gasteiger partial charge in [0.2, 0.25) is 0 Å². The molecule has 0 fully saturated rings. The molecular formula is C9H8LiN. The predicted molar refractivity (Wildman–Crippen MR) is 42.8 cm³/mol. The average Bonchev–Trinajstić information content (AvgIpc) is 2.27. The minimum absolute atomic E-state index is 0. The van der Waals surface area contributed by atoms with E-state index in [2.05, 4.69) is 18.0 Å². The summed E-state index contributed by atoms with van der Waals surface area (Å²) in [6.45, 7) is 3.80. The molecule has 11 heavy (non-hydrogen) atoms. The molecule has 2 aromatic rings. The SMILES string of the molecule is [CH2-]c1cc2ccccc2[nH]1.[Li+]. The number of fused-ring (bicyclic) bond motifs is 1. The number of nitrogens with one attached hydrogen (secondary N) is 1. The van der Waals surface area contributed by atoms with Crippen LogP contribution in [-0.4, -0.2) is 4.98 Å². The van der Waals surface area contributed by atoms with E-state index < -0.39 is 0 Å². The van der Waals surface area contributed by atoms with Crippen LogP contribution in [0, 0.1) is 6.92 Å². The Morgan fingerprint density at radius 1 is 1.18 bits per heavy atom. The first kappa shape index (κ1) is 8.33. The summed E-state index contributed by atoms with van der Waals surface area (Å²) in [7, 11) is 0. The molecule has 0 atom stereocenters. The molecule has 2 rings (SSSR count). The number of aromatic amines is 1. The van der Waals surface area contributed by atoms with Gasteiger partial charge in [-0.1, -0.05) is 23.6 Å². The van der Waals surface area contributed by atoms with Crippen LogP contribution < -0.4 is 18.9 Å². The van der Waals surface area contributed by atoms with Gasteiger partial charge in [0.05, 0.1) is 0 Å². The van der Waals surface area contributed by atoms with Gasteiger partial charge in [-0.25, -0.2) is 6.92 Å². The molecule has 1 heterocycles. The summed E-state index contributed by atoms with van der Waals surface area (Å²) >= 11 is 0. The molecule has 50 valence electrons. The van der Waals surface area contributed by atoms with Crippen molar-refractivity contribution in [3.63, 3.8) is 0 Å². The van der Waals surface area contributed by atoms with Crippen LogP contribution in [0.25, 0.3) is 10.9 Å². The van der Waals surface area contributed by atoms with Gasteiger partial charge in [-0.2, -0.15) is 6.07 Å². The van der Waals surface area contributed by atoms with Gasteiger partial charge >= 0.3 is 18.9 Å². The van der Waals surface area contributed by atoms with Crippen molar-refractivity contribution in [3.8, 4) is 0 Å². The van der Waals surface area contributed by atoms with Crippen molar-refractivity contribution >= 4 is 10.9 Å². The molecule has 0 saturated heterocycles. The summed E-state index contributed by atoms with van der Waals surface area (Å²) in [5, 5.41) is 1.23. The van der Waals surface area contributed by atoms with Gasteiger partial charge < -0.3 is 4.98 Å². The standard InChI is InChI=1S/C9H8N.Li/c1-7-6-8-4-2-3-5-9(8)10-7;/h2-6,10H,1H2;/q-1;+1. The summed E-state index contributed by atoms with van der Waals surface area (Å²) in [6, 6.07) is 10.2. The molecule has 1 N–H and O–H groups in total. The van der Waals surface area contributed by atoms with Gasteiger partial charge in [0.1, 0.15) is 0 Å². The van der Waals surface area contributed by atoms with Crippen molar-refractivity contribution in [2.75, 3.05) is 0 Å². The van der Waals surface area contributed by atoms with Crippen LogP contribution in [0.1, 0.15) is 5.69 Å². The van der Waals surface area contributed by atoms with Gasteiger partial charge in [0, 0.05) is 5.52 Å². The Hall–Kier alpha value is -0.773. The summed E-state index contributed by atoms with van der Waals surface area (Å²) in [5.74, 6) is 0. The Labute approximate surface area is 78.0 Å². The summed E-state index contributed by atoms with van der Waals surface area (Å²) < 4.78 is 0. The summed E-state index contributed by atoms with van der Waals surface area (Å²) in [5.41, 5.74) is 2.13. The Morgan fingerprint density at radius 3 is 2.64 bits per heavy atom. The first-order chi connectivity index (χ1) is 4.86. The van der Waals surface area contributed by atoms with Gasteiger partial charge in [-0.15, -0.1) is 5.69 Å². The topological polar surface area (TPSA) is 15.8 Å². The quantitative estimate of drug-likeness (QED) is 0.367. The van der Waals surface area contributed by atoms with Gasteiger partial charge in [0.15, 0.2) is 0 Å². The number of hydrogen-bond acceptors (Lipinski definition) is 0. The maximum atomic E-state index is 3.80. The Bertz CT molecular complexity index is 318. The third-order valence-electron chi connectivity index (χ3n) is 1.59. The molecule has 0 aliphatic carbocycles. The van der Waals surface area contributed by atoms with E-state index in [1.54, 1.807) is 0 Å². The second kappa shape index (κ2) is 3.09. The third kappa shape index (κ3) is 1.45. The van der Waals surface area contributed by atoms with Crippen LogP contribution in [0.5, 0.6) is 0 Å². The normalized spacial score (nSPS) is 9.45. The molecule has 0 spiro atoms. The van der Waals surface area contributed by atoms with Crippen LogP contribution in [0.2, 0.25) is 0 Å². The zero-order valence-electron chi connectivity index (χ0n) is 6.59. The largest absolute Gasteiger partial charge is 1.00 e. The minimum Gasteiger partial charge on any atom is -0.391 e. The Kier molecular flexibility index (Phi) is 2.34. The van der Waals surface area contributed by atoms with Crippen LogP contribution in [0.3, 0.4) is 0 Å². The smallest absolute Gasteiger partial charge is 0.391 e. The molecule has 1 aromatic heterocycles. The maximum absolute atomic E-state index is 3.80. The van der Waals surface area contributed by atoms with Crippen molar-refractivity contribution in [2.24, 2.45) is 0 Å². The number of hydrogen-bond donors (Lipinski definition) is 1. The van der Waals surface area contributed by atoms with E-state index >= 15 is 0 Å². The molecule has 2 heteroatoms. The maximum Gasteiger partial charge on any atom is 1.00 e. The molecule has 0 unspecified atom stereocenters. The van der Waals surface area contributed by atoms with Crippen LogP contribution >= 0.6 is 0 Å². The Morgan fingerprint density at radius 2 is 1.91 bits per heavy atom. The van der Waals surface area contributed by atoms with E-state index in [1.165, 1.54) is 5.39 Å². The van der Waals surface area contributed by atoms with Gasteiger partial charge in [-0.05, 0) is 6.07 Å². The van der Waals surface area contributed by atoms with E-state index in [1.807, 2.05) is 24.3 Å². The second-order valence-corrected chi connectivity index (χ2v) is 2.38. The number of aromatic nitrogens is 1. The number of rotatable bonds is 0. The molecule has 0 amide bonds. The van der Waals surface area contributed by atoms with E-state index in [0.29, 0.717) is 0 Å². The van der Waals surface area contributed by atoms with Crippen molar-refractivity contribution in [1.82, 2.24) is 4.98 Å². The minimum atomic E-state index is 0. The number of benzene rings is 1. The van der Waals surface area contributed by atoms with Crippen molar-refractivity contribution < 1.29 is 18.9 Å². The van der Waals surface area contributed by atoms with E-state index in [0.717, 1.165) is 11.2 Å². The molecular weight excluding hydrogens is 129 g/mol. The fraction of sp³-hybridized carbons (Fsp3) is 0. The fourth-order valence-corrected chi connectivity index (χ4v) is 1.13. The molecule has 0 radical (unpaired) electrons. The number of H-pyrrole nitrogens is 1. The van der Waals surface area contributed by atoms with Gasteiger partial charge in [-0.3, -0.25) is 0 Å². The predicted octanol–water partition coefficient (Wildman–Crippen LogP) is -0.646. The van der Waals surface area contributed by atoms with E-state index in [9.17, 15) is 0 Å². The van der Waals surface area contributed by atoms with Crippen LogP contribution in [-0.2, 0) is 0 Å². The zero-order chi connectivity index (χ0) is 6.97. The Balaban J connectivity index is 0.000000605. The fourth-order valence-electron chi connectivity index (χ4n) is 1.13. The second-order valence-electron chi connectivity index (χ2n) is 2.38. The van der Waals surface area contributed by atoms with Crippen molar-refractivity contribution in [2.45, 2.75) is 0 Å². The third-order valence-corrected chi connectivity index (χ3v) is 1.59. The van der Waals surface area contributed by atoms with Crippen molar-refractivity contribution in [1.29, 1.82) is 0 Å². The van der Waals surface area contributed by atoms with Gasteiger partial charge in [0.25, 0.3) is 0 Å². The first-order valence-electron chi connectivity index (χ1n) is 3.26. The molecule has 0 aliphatic rings. The molecule has 1 aromatic carbocycles. The van der Waals surface area contributed by atoms with E-state index in [-0.39, 0.29) is 18.9 Å². The first-order valence-corrected chi connectivity index (χ1v) is 3.26. The summed E-state index contributed by atoms with van der Waals surface area (Å²) in [4.78, 5) is 3.15. The van der Waals surface area contributed by atoms with Crippen LogP contribution in [0.4, 0.5) is 0 Å². The van der Waals surface area contributed by atoms with Crippen molar-refractivity contribution in [3.05, 3.63) is 42.9 Å². The molecule has 0 saturated carbocycles. The average molecular weight is 137 g/mol. The molecule has 0 bridgehead atoms. The summed E-state index contributed by atoms with van der Waals surface area (Å²) in [6.07, 6.45) is 0. The number of para-hydroxylation sites is 1. The van der Waals surface area contributed by atoms with E-state index in [4.69, 9.17) is 0 Å².